The van der Waals surface area contributed by atoms with Crippen LogP contribution in [0.2, 0.25) is 0 Å². The van der Waals surface area contributed by atoms with Crippen molar-refractivity contribution in [1.29, 1.82) is 0 Å². The first kappa shape index (κ1) is 20.9. The molecule has 6 nitrogen and oxygen atoms in total. The number of nitrogens with one attached hydrogen (secondary N) is 1. The molecule has 1 amide bonds. The fraction of sp³-hybridized carbons (Fsp3) is 0.154. The van der Waals surface area contributed by atoms with E-state index in [0.29, 0.717) is 41.7 Å². The Labute approximate surface area is 195 Å². The summed E-state index contributed by atoms with van der Waals surface area (Å²) in [5.41, 5.74) is 3.35. The molecule has 0 aliphatic carbocycles. The summed E-state index contributed by atoms with van der Waals surface area (Å²) < 4.78 is 13.2. The van der Waals surface area contributed by atoms with E-state index in [4.69, 9.17) is 9.47 Å². The van der Waals surface area contributed by atoms with Crippen LogP contribution in [-0.4, -0.2) is 28.9 Å². The molecule has 164 valence electrons. The average Bonchev–Trinajstić information content (AvgIpc) is 3.42. The minimum absolute atomic E-state index is 0.242. The number of benzene rings is 2. The number of carbonyl (C=O) groups excluding carboxylic acids is 1. The van der Waals surface area contributed by atoms with E-state index in [1.165, 1.54) is 0 Å². The molecule has 1 N–H and O–H groups in total. The largest absolute Gasteiger partial charge is 0.490 e. The van der Waals surface area contributed by atoms with Crippen LogP contribution < -0.4 is 14.8 Å². The fourth-order valence-electron chi connectivity index (χ4n) is 3.54. The van der Waals surface area contributed by atoms with Crippen LogP contribution >= 0.6 is 11.3 Å². The first-order chi connectivity index (χ1) is 16.2. The molecule has 0 atom stereocenters. The molecule has 0 saturated heterocycles. The second-order valence-corrected chi connectivity index (χ2v) is 8.49. The molecule has 0 fully saturated rings. The maximum absolute atomic E-state index is 13.2. The minimum atomic E-state index is -0.242. The molecule has 7 heteroatoms. The molecule has 2 aromatic carbocycles. The van der Waals surface area contributed by atoms with Crippen molar-refractivity contribution < 1.29 is 14.3 Å². The van der Waals surface area contributed by atoms with Crippen LogP contribution in [0.1, 0.15) is 27.2 Å². The molecule has 1 aliphatic heterocycles. The predicted octanol–water partition coefficient (Wildman–Crippen LogP) is 4.96. The van der Waals surface area contributed by atoms with Crippen LogP contribution in [0.25, 0.3) is 11.3 Å². The predicted molar refractivity (Wildman–Crippen MR) is 129 cm³/mol. The highest BCUT2D eigenvalue weighted by molar-refractivity contribution is 7.10. The maximum atomic E-state index is 13.2. The highest BCUT2D eigenvalue weighted by Gasteiger charge is 2.20. The molecule has 0 radical (unpaired) electrons. The van der Waals surface area contributed by atoms with E-state index in [1.54, 1.807) is 29.3 Å². The molecule has 33 heavy (non-hydrogen) atoms. The first-order valence-corrected chi connectivity index (χ1v) is 11.4. The SMILES string of the molecule is Cn1cc(C(=O)Nc2cccc(C#Cc3cccs3)c2)c(-c2ccc3c(c2)OCCCO3)n1. The molecule has 1 aliphatic rings. The van der Waals surface area contributed by atoms with Gasteiger partial charge in [-0.3, -0.25) is 9.48 Å². The number of hydrogen-bond acceptors (Lipinski definition) is 5. The van der Waals surface area contributed by atoms with Gasteiger partial charge in [-0.2, -0.15) is 5.10 Å². The lowest BCUT2D eigenvalue weighted by atomic mass is 10.1. The number of thiophene rings is 1. The number of fused-ring (bicyclic) bond motifs is 1. The second kappa shape index (κ2) is 9.23. The number of carbonyl (C=O) groups is 1. The lowest BCUT2D eigenvalue weighted by Gasteiger charge is -2.10. The van der Waals surface area contributed by atoms with Crippen LogP contribution in [0.5, 0.6) is 11.5 Å². The Balaban J connectivity index is 1.40. The van der Waals surface area contributed by atoms with Gasteiger partial charge in [0.1, 0.15) is 5.69 Å². The zero-order valence-electron chi connectivity index (χ0n) is 18.0. The number of rotatable bonds is 3. The van der Waals surface area contributed by atoms with E-state index >= 15 is 0 Å². The van der Waals surface area contributed by atoms with Gasteiger partial charge in [0.25, 0.3) is 5.91 Å². The average molecular weight is 456 g/mol. The number of hydrogen-bond donors (Lipinski definition) is 1. The van der Waals surface area contributed by atoms with Crippen molar-refractivity contribution in [3.05, 3.63) is 82.2 Å². The van der Waals surface area contributed by atoms with Gasteiger partial charge >= 0.3 is 0 Å². The van der Waals surface area contributed by atoms with Gasteiger partial charge in [0.05, 0.1) is 23.7 Å². The number of aryl methyl sites for hydroxylation is 1. The van der Waals surface area contributed by atoms with Crippen LogP contribution in [0.3, 0.4) is 0 Å². The van der Waals surface area contributed by atoms with Crippen LogP contribution in [0, 0.1) is 11.8 Å². The third-order valence-corrected chi connectivity index (χ3v) is 5.85. The third kappa shape index (κ3) is 4.76. The molecule has 0 spiro atoms. The van der Waals surface area contributed by atoms with Crippen molar-refractivity contribution in [2.45, 2.75) is 6.42 Å². The maximum Gasteiger partial charge on any atom is 0.259 e. The molecule has 5 rings (SSSR count). The summed E-state index contributed by atoms with van der Waals surface area (Å²) in [6, 6.07) is 17.1. The highest BCUT2D eigenvalue weighted by Crippen LogP contribution is 2.35. The van der Waals surface area contributed by atoms with Crippen molar-refractivity contribution >= 4 is 22.9 Å². The molecule has 0 unspecified atom stereocenters. The van der Waals surface area contributed by atoms with Gasteiger partial charge < -0.3 is 14.8 Å². The molecule has 0 bridgehead atoms. The zero-order valence-corrected chi connectivity index (χ0v) is 18.8. The van der Waals surface area contributed by atoms with E-state index < -0.39 is 0 Å². The molecule has 2 aromatic heterocycles. The summed E-state index contributed by atoms with van der Waals surface area (Å²) in [7, 11) is 1.80. The van der Waals surface area contributed by atoms with Gasteiger partial charge in [-0.25, -0.2) is 0 Å². The Morgan fingerprint density at radius 2 is 1.94 bits per heavy atom. The van der Waals surface area contributed by atoms with Crippen LogP contribution in [-0.2, 0) is 7.05 Å². The number of anilines is 1. The summed E-state index contributed by atoms with van der Waals surface area (Å²) in [6.45, 7) is 1.22. The Kier molecular flexibility index (Phi) is 5.83. The Morgan fingerprint density at radius 1 is 1.06 bits per heavy atom. The van der Waals surface area contributed by atoms with Crippen molar-refractivity contribution in [3.8, 4) is 34.6 Å². The number of amides is 1. The topological polar surface area (TPSA) is 65.4 Å². The number of nitrogens with zero attached hydrogens (tertiary/aromatic N) is 2. The van der Waals surface area contributed by atoms with Gasteiger partial charge in [-0.05, 0) is 47.8 Å². The van der Waals surface area contributed by atoms with Crippen LogP contribution in [0.15, 0.2) is 66.2 Å². The van der Waals surface area contributed by atoms with Crippen LogP contribution in [0.4, 0.5) is 5.69 Å². The monoisotopic (exact) mass is 455 g/mol. The highest BCUT2D eigenvalue weighted by atomic mass is 32.1. The van der Waals surface area contributed by atoms with Gasteiger partial charge in [0.15, 0.2) is 11.5 Å². The van der Waals surface area contributed by atoms with Gasteiger partial charge in [0, 0.05) is 36.5 Å². The van der Waals surface area contributed by atoms with E-state index in [0.717, 1.165) is 22.4 Å². The lowest BCUT2D eigenvalue weighted by molar-refractivity contribution is 0.102. The Morgan fingerprint density at radius 3 is 2.79 bits per heavy atom. The normalized spacial score (nSPS) is 12.4. The standard InChI is InChI=1S/C26H21N3O3S/c1-29-17-22(25(28-29)19-9-11-23-24(16-19)32-13-4-12-31-23)26(30)27-20-6-2-5-18(15-20)8-10-21-7-3-14-33-21/h2-3,5-7,9,11,14-17H,4,12-13H2,1H3,(H,27,30). The van der Waals surface area contributed by atoms with Gasteiger partial charge in [-0.1, -0.05) is 24.0 Å². The molecule has 3 heterocycles. The summed E-state index contributed by atoms with van der Waals surface area (Å²) in [5, 5.41) is 9.50. The van der Waals surface area contributed by atoms with Gasteiger partial charge in [-0.15, -0.1) is 11.3 Å². The van der Waals surface area contributed by atoms with Gasteiger partial charge in [0.2, 0.25) is 0 Å². The summed E-state index contributed by atoms with van der Waals surface area (Å²) >= 11 is 1.60. The van der Waals surface area contributed by atoms with Crippen molar-refractivity contribution in [1.82, 2.24) is 9.78 Å². The third-order valence-electron chi connectivity index (χ3n) is 5.07. The quantitative estimate of drug-likeness (QED) is 0.444. The number of aromatic nitrogens is 2. The van der Waals surface area contributed by atoms with Crippen molar-refractivity contribution in [2.24, 2.45) is 7.05 Å². The van der Waals surface area contributed by atoms with E-state index in [-0.39, 0.29) is 5.91 Å². The zero-order chi connectivity index (χ0) is 22.6. The fourth-order valence-corrected chi connectivity index (χ4v) is 4.11. The molecule has 4 aromatic rings. The minimum Gasteiger partial charge on any atom is -0.490 e. The summed E-state index contributed by atoms with van der Waals surface area (Å²) in [6.07, 6.45) is 2.55. The summed E-state index contributed by atoms with van der Waals surface area (Å²) in [5.74, 6) is 7.41. The number of ether oxygens (including phenoxy) is 2. The molecule has 0 saturated carbocycles. The van der Waals surface area contributed by atoms with E-state index in [9.17, 15) is 4.79 Å². The van der Waals surface area contributed by atoms with Crippen molar-refractivity contribution in [2.75, 3.05) is 18.5 Å². The Hall–Kier alpha value is -4.02. The first-order valence-electron chi connectivity index (χ1n) is 10.6. The molecular weight excluding hydrogens is 434 g/mol. The lowest BCUT2D eigenvalue weighted by Crippen LogP contribution is -2.12. The second-order valence-electron chi connectivity index (χ2n) is 7.54. The van der Waals surface area contributed by atoms with E-state index in [1.807, 2.05) is 60.0 Å². The molecular formula is C26H21N3O3S. The smallest absolute Gasteiger partial charge is 0.259 e. The van der Waals surface area contributed by atoms with E-state index in [2.05, 4.69) is 22.3 Å². The summed E-state index contributed by atoms with van der Waals surface area (Å²) in [4.78, 5) is 14.2. The van der Waals surface area contributed by atoms with Crippen molar-refractivity contribution in [3.63, 3.8) is 0 Å². The Bertz CT molecular complexity index is 1360.